The highest BCUT2D eigenvalue weighted by Crippen LogP contribution is 2.18. The highest BCUT2D eigenvalue weighted by Gasteiger charge is 2.24. The molecule has 0 bridgehead atoms. The number of hydrogen-bond acceptors (Lipinski definition) is 7. The fourth-order valence-corrected chi connectivity index (χ4v) is 2.83. The Kier molecular flexibility index (Phi) is 9.83. The molecular weight excluding hydrogens is 362 g/mol. The maximum atomic E-state index is 12.6. The lowest BCUT2D eigenvalue weighted by atomic mass is 10.2. The minimum atomic E-state index is -0.447. The number of hydrogen-bond donors (Lipinski definition) is 3. The Morgan fingerprint density at radius 1 is 1.14 bits per heavy atom. The second-order valence-electron chi connectivity index (χ2n) is 7.59. The van der Waals surface area contributed by atoms with Gasteiger partial charge in [0.1, 0.15) is 6.54 Å². The predicted molar refractivity (Wildman–Crippen MR) is 106 cm³/mol. The zero-order valence-corrected chi connectivity index (χ0v) is 17.2. The Labute approximate surface area is 167 Å². The molecule has 160 valence electrons. The molecule has 9 nitrogen and oxygen atoms in total. The third kappa shape index (κ3) is 9.09. The van der Waals surface area contributed by atoms with E-state index in [-0.39, 0.29) is 37.5 Å². The maximum Gasteiger partial charge on any atom is 0.246 e. The van der Waals surface area contributed by atoms with Crippen LogP contribution in [0.15, 0.2) is 0 Å². The molecule has 0 unspecified atom stereocenters. The van der Waals surface area contributed by atoms with Crippen molar-refractivity contribution in [1.82, 2.24) is 25.8 Å². The summed E-state index contributed by atoms with van der Waals surface area (Å²) in [7, 11) is 0. The Balaban J connectivity index is 1.79. The lowest BCUT2D eigenvalue weighted by Gasteiger charge is -2.30. The van der Waals surface area contributed by atoms with Gasteiger partial charge in [-0.2, -0.15) is 0 Å². The molecule has 1 aliphatic carbocycles. The van der Waals surface area contributed by atoms with Gasteiger partial charge in [-0.3, -0.25) is 24.6 Å². The summed E-state index contributed by atoms with van der Waals surface area (Å²) in [5.74, 6) is -0.930. The van der Waals surface area contributed by atoms with E-state index in [1.165, 1.54) is 4.90 Å². The molecule has 2 rings (SSSR count). The molecule has 1 saturated heterocycles. The van der Waals surface area contributed by atoms with Gasteiger partial charge in [0.2, 0.25) is 17.7 Å². The molecule has 2 fully saturated rings. The van der Waals surface area contributed by atoms with E-state index >= 15 is 0 Å². The third-order valence-corrected chi connectivity index (χ3v) is 5.10. The van der Waals surface area contributed by atoms with E-state index in [4.69, 9.17) is 4.74 Å². The minimum Gasteiger partial charge on any atom is -0.379 e. The number of nitrogens with zero attached hydrogens (tertiary/aromatic N) is 2. The van der Waals surface area contributed by atoms with Gasteiger partial charge >= 0.3 is 0 Å². The summed E-state index contributed by atoms with van der Waals surface area (Å²) < 4.78 is 5.34. The Hall–Kier alpha value is -1.55. The Morgan fingerprint density at radius 3 is 2.50 bits per heavy atom. The summed E-state index contributed by atoms with van der Waals surface area (Å²) >= 11 is 0. The van der Waals surface area contributed by atoms with Crippen molar-refractivity contribution in [1.29, 1.82) is 0 Å². The average Bonchev–Trinajstić information content (AvgIpc) is 3.52. The van der Waals surface area contributed by atoms with Gasteiger partial charge in [-0.05, 0) is 26.2 Å². The van der Waals surface area contributed by atoms with Crippen molar-refractivity contribution in [3.63, 3.8) is 0 Å². The van der Waals surface area contributed by atoms with E-state index < -0.39 is 5.91 Å². The highest BCUT2D eigenvalue weighted by molar-refractivity contribution is 5.98. The normalized spacial score (nSPS) is 18.5. The molecule has 1 aliphatic heterocycles. The molecule has 3 amide bonds. The molecule has 0 aromatic carbocycles. The SMILES string of the molecule is CC[C@H](C)NCC(=O)NC(=O)CN(CCN1CCOCC1)C(=O)CNC1CC1. The summed E-state index contributed by atoms with van der Waals surface area (Å²) in [6.45, 7) is 8.39. The number of carbonyl (C=O) groups is 3. The van der Waals surface area contributed by atoms with Crippen LogP contribution >= 0.6 is 0 Å². The fraction of sp³-hybridized carbons (Fsp3) is 0.842. The molecule has 2 aliphatic rings. The summed E-state index contributed by atoms with van der Waals surface area (Å²) in [5, 5.41) is 8.61. The molecular formula is C19H35N5O4. The van der Waals surface area contributed by atoms with Crippen molar-refractivity contribution in [2.75, 3.05) is 59.0 Å². The first-order chi connectivity index (χ1) is 13.5. The maximum absolute atomic E-state index is 12.6. The fourth-order valence-electron chi connectivity index (χ4n) is 2.83. The third-order valence-electron chi connectivity index (χ3n) is 5.10. The number of ether oxygens (including phenoxy) is 1. The van der Waals surface area contributed by atoms with E-state index in [9.17, 15) is 14.4 Å². The van der Waals surface area contributed by atoms with Gasteiger partial charge < -0.3 is 20.3 Å². The lowest BCUT2D eigenvalue weighted by Crippen LogP contribution is -2.50. The van der Waals surface area contributed by atoms with Gasteiger partial charge in [0.05, 0.1) is 26.3 Å². The van der Waals surface area contributed by atoms with Gasteiger partial charge in [-0.15, -0.1) is 0 Å². The predicted octanol–water partition coefficient (Wildman–Crippen LogP) is -1.07. The average molecular weight is 398 g/mol. The van der Waals surface area contributed by atoms with Crippen molar-refractivity contribution < 1.29 is 19.1 Å². The molecule has 0 aromatic rings. The van der Waals surface area contributed by atoms with Crippen LogP contribution in [0.3, 0.4) is 0 Å². The van der Waals surface area contributed by atoms with Crippen LogP contribution in [0.1, 0.15) is 33.1 Å². The first-order valence-electron chi connectivity index (χ1n) is 10.3. The van der Waals surface area contributed by atoms with E-state index in [0.717, 1.165) is 32.4 Å². The van der Waals surface area contributed by atoms with Crippen LogP contribution in [-0.4, -0.2) is 98.6 Å². The molecule has 28 heavy (non-hydrogen) atoms. The summed E-state index contributed by atoms with van der Waals surface area (Å²) in [5.41, 5.74) is 0. The summed E-state index contributed by atoms with van der Waals surface area (Å²) in [6.07, 6.45) is 3.09. The van der Waals surface area contributed by atoms with Gasteiger partial charge in [0.15, 0.2) is 0 Å². The van der Waals surface area contributed by atoms with E-state index in [2.05, 4.69) is 20.9 Å². The first-order valence-corrected chi connectivity index (χ1v) is 10.3. The largest absolute Gasteiger partial charge is 0.379 e. The van der Waals surface area contributed by atoms with Crippen LogP contribution in [0.4, 0.5) is 0 Å². The zero-order valence-electron chi connectivity index (χ0n) is 17.2. The first kappa shape index (κ1) is 22.7. The molecule has 1 saturated carbocycles. The number of carbonyl (C=O) groups excluding carboxylic acids is 3. The van der Waals surface area contributed by atoms with Crippen molar-refractivity contribution in [3.05, 3.63) is 0 Å². The van der Waals surface area contributed by atoms with Gasteiger partial charge in [-0.25, -0.2) is 0 Å². The highest BCUT2D eigenvalue weighted by atomic mass is 16.5. The van der Waals surface area contributed by atoms with Crippen LogP contribution in [0, 0.1) is 0 Å². The van der Waals surface area contributed by atoms with Gasteiger partial charge in [-0.1, -0.05) is 6.92 Å². The minimum absolute atomic E-state index is 0.0890. The lowest BCUT2D eigenvalue weighted by molar-refractivity contribution is -0.138. The molecule has 0 radical (unpaired) electrons. The number of nitrogens with one attached hydrogen (secondary N) is 3. The van der Waals surface area contributed by atoms with E-state index in [1.54, 1.807) is 0 Å². The second kappa shape index (κ2) is 12.1. The quantitative estimate of drug-likeness (QED) is 0.385. The van der Waals surface area contributed by atoms with Crippen molar-refractivity contribution in [2.45, 2.75) is 45.2 Å². The monoisotopic (exact) mass is 397 g/mol. The molecule has 9 heteroatoms. The van der Waals surface area contributed by atoms with Gasteiger partial charge in [0, 0.05) is 38.3 Å². The van der Waals surface area contributed by atoms with Crippen LogP contribution in [0.5, 0.6) is 0 Å². The Morgan fingerprint density at radius 2 is 1.86 bits per heavy atom. The molecule has 3 N–H and O–H groups in total. The smallest absolute Gasteiger partial charge is 0.246 e. The van der Waals surface area contributed by atoms with Crippen LogP contribution in [0.25, 0.3) is 0 Å². The number of morpholine rings is 1. The number of rotatable bonds is 12. The van der Waals surface area contributed by atoms with Crippen LogP contribution in [0.2, 0.25) is 0 Å². The van der Waals surface area contributed by atoms with Gasteiger partial charge in [0.25, 0.3) is 0 Å². The molecule has 0 aromatic heterocycles. The van der Waals surface area contributed by atoms with Crippen molar-refractivity contribution in [2.24, 2.45) is 0 Å². The zero-order chi connectivity index (χ0) is 20.4. The van der Waals surface area contributed by atoms with Crippen molar-refractivity contribution >= 4 is 17.7 Å². The molecule has 0 spiro atoms. The molecule has 1 heterocycles. The molecule has 1 atom stereocenters. The van der Waals surface area contributed by atoms with Crippen LogP contribution < -0.4 is 16.0 Å². The van der Waals surface area contributed by atoms with E-state index in [1.807, 2.05) is 13.8 Å². The standard InChI is InChI=1S/C19H35N5O4/c1-3-15(2)20-12-17(25)22-18(26)14-24(19(27)13-21-16-4-5-16)7-6-23-8-10-28-11-9-23/h15-16,20-21H,3-14H2,1-2H3,(H,22,25,26)/t15-/m0/s1. The Bertz CT molecular complexity index is 520. The number of amides is 3. The van der Waals surface area contributed by atoms with E-state index in [0.29, 0.717) is 32.3 Å². The summed E-state index contributed by atoms with van der Waals surface area (Å²) in [6, 6.07) is 0.632. The second-order valence-corrected chi connectivity index (χ2v) is 7.59. The summed E-state index contributed by atoms with van der Waals surface area (Å²) in [4.78, 5) is 40.5. The number of imide groups is 1. The van der Waals surface area contributed by atoms with Crippen LogP contribution in [-0.2, 0) is 19.1 Å². The topological polar surface area (TPSA) is 103 Å². The van der Waals surface area contributed by atoms with Crippen molar-refractivity contribution in [3.8, 4) is 0 Å².